The minimum Gasteiger partial charge on any atom is -0.469 e. The van der Waals surface area contributed by atoms with E-state index in [9.17, 15) is 0 Å². The van der Waals surface area contributed by atoms with Gasteiger partial charge < -0.3 is 9.47 Å². The third-order valence-corrected chi connectivity index (χ3v) is 1.32. The highest BCUT2D eigenvalue weighted by Gasteiger charge is 2.29. The normalized spacial score (nSPS) is 25.5. The fourth-order valence-electron chi connectivity index (χ4n) is 0.502. The van der Waals surface area contributed by atoms with Crippen molar-refractivity contribution in [2.75, 3.05) is 6.79 Å². The smallest absolute Gasteiger partial charge is 0.189 e. The Labute approximate surface area is 49.1 Å². The average Bonchev–Trinajstić information content (AvgIpc) is 1.86. The zero-order valence-corrected chi connectivity index (χ0v) is 5.23. The van der Waals surface area contributed by atoms with Gasteiger partial charge in [0.25, 0.3) is 0 Å². The Kier molecular flexibility index (Phi) is 1.05. The molecule has 2 nitrogen and oxygen atoms in total. The van der Waals surface area contributed by atoms with Crippen LogP contribution in [0.3, 0.4) is 0 Å². The van der Waals surface area contributed by atoms with Crippen molar-refractivity contribution in [2.45, 2.75) is 19.4 Å². The van der Waals surface area contributed by atoms with Crippen LogP contribution in [-0.2, 0) is 9.47 Å². The van der Waals surface area contributed by atoms with Crippen LogP contribution in [0.4, 0.5) is 0 Å². The minimum atomic E-state index is -0.264. The van der Waals surface area contributed by atoms with Crippen LogP contribution in [0.25, 0.3) is 0 Å². The van der Waals surface area contributed by atoms with E-state index in [0.29, 0.717) is 6.79 Å². The van der Waals surface area contributed by atoms with Crippen molar-refractivity contribution in [1.29, 1.82) is 0 Å². The molecule has 0 radical (unpaired) electrons. The molecule has 46 valence electrons. The number of hydrogen-bond donors (Lipinski definition) is 0. The summed E-state index contributed by atoms with van der Waals surface area (Å²) in [5, 5.41) is 0. The molecular formula is C6H10O2. The van der Waals surface area contributed by atoms with Crippen molar-refractivity contribution in [2.24, 2.45) is 0 Å². The lowest BCUT2D eigenvalue weighted by Crippen LogP contribution is -2.18. The Hall–Kier alpha value is -0.500. The van der Waals surface area contributed by atoms with E-state index in [4.69, 9.17) is 9.47 Å². The van der Waals surface area contributed by atoms with Gasteiger partial charge in [0.2, 0.25) is 0 Å². The van der Waals surface area contributed by atoms with Gasteiger partial charge >= 0.3 is 0 Å². The van der Waals surface area contributed by atoms with E-state index in [1.807, 2.05) is 13.8 Å². The quantitative estimate of drug-likeness (QED) is 0.472. The summed E-state index contributed by atoms with van der Waals surface area (Å²) >= 11 is 0. The summed E-state index contributed by atoms with van der Waals surface area (Å²) in [6.07, 6.45) is 0. The molecule has 1 heterocycles. The van der Waals surface area contributed by atoms with Gasteiger partial charge in [-0.15, -0.1) is 0 Å². The maximum Gasteiger partial charge on any atom is 0.189 e. The maximum absolute atomic E-state index is 5.13. The topological polar surface area (TPSA) is 18.5 Å². The van der Waals surface area contributed by atoms with Gasteiger partial charge in [0.05, 0.1) is 0 Å². The molecule has 1 fully saturated rings. The maximum atomic E-state index is 5.13. The van der Waals surface area contributed by atoms with Crippen molar-refractivity contribution >= 4 is 0 Å². The second kappa shape index (κ2) is 1.49. The summed E-state index contributed by atoms with van der Waals surface area (Å²) in [5.74, 6) is 0.720. The Bertz CT molecular complexity index is 116. The van der Waals surface area contributed by atoms with Crippen LogP contribution in [0.5, 0.6) is 0 Å². The first kappa shape index (κ1) is 5.63. The summed E-state index contributed by atoms with van der Waals surface area (Å²) in [5.41, 5.74) is -0.264. The molecule has 0 atom stereocenters. The molecule has 0 aliphatic carbocycles. The lowest BCUT2D eigenvalue weighted by Gasteiger charge is -2.12. The predicted octanol–water partition coefficient (Wildman–Crippen LogP) is 1.28. The van der Waals surface area contributed by atoms with E-state index in [-0.39, 0.29) is 5.60 Å². The molecule has 1 aliphatic heterocycles. The molecule has 0 unspecified atom stereocenters. The van der Waals surface area contributed by atoms with Crippen LogP contribution in [-0.4, -0.2) is 12.4 Å². The number of rotatable bonds is 0. The molecule has 0 spiro atoms. The Morgan fingerprint density at radius 1 is 1.62 bits per heavy atom. The summed E-state index contributed by atoms with van der Waals surface area (Å²) in [6.45, 7) is 7.88. The van der Waals surface area contributed by atoms with Crippen molar-refractivity contribution in [1.82, 2.24) is 0 Å². The number of ether oxygens (including phenoxy) is 2. The first-order chi connectivity index (χ1) is 3.63. The van der Waals surface area contributed by atoms with Gasteiger partial charge in [-0.05, 0) is 13.8 Å². The van der Waals surface area contributed by atoms with E-state index < -0.39 is 0 Å². The summed E-state index contributed by atoms with van der Waals surface area (Å²) in [7, 11) is 0. The Morgan fingerprint density at radius 3 is 2.38 bits per heavy atom. The first-order valence-electron chi connectivity index (χ1n) is 2.59. The highest BCUT2D eigenvalue weighted by atomic mass is 16.7. The van der Waals surface area contributed by atoms with Crippen LogP contribution >= 0.6 is 0 Å². The SMILES string of the molecule is C=C1OCOC1(C)C. The van der Waals surface area contributed by atoms with Crippen molar-refractivity contribution in [3.63, 3.8) is 0 Å². The Morgan fingerprint density at radius 2 is 2.25 bits per heavy atom. The van der Waals surface area contributed by atoms with Crippen LogP contribution in [0.2, 0.25) is 0 Å². The van der Waals surface area contributed by atoms with Gasteiger partial charge in [-0.3, -0.25) is 0 Å². The third kappa shape index (κ3) is 0.713. The minimum absolute atomic E-state index is 0.264. The van der Waals surface area contributed by atoms with Crippen molar-refractivity contribution < 1.29 is 9.47 Å². The molecule has 0 amide bonds. The second-order valence-electron chi connectivity index (χ2n) is 2.34. The molecule has 0 aromatic heterocycles. The second-order valence-corrected chi connectivity index (χ2v) is 2.34. The molecule has 2 heteroatoms. The molecule has 0 saturated carbocycles. The zero-order chi connectivity index (χ0) is 6.20. The highest BCUT2D eigenvalue weighted by Crippen LogP contribution is 2.25. The van der Waals surface area contributed by atoms with Crippen LogP contribution in [0.15, 0.2) is 12.3 Å². The van der Waals surface area contributed by atoms with Crippen LogP contribution in [0, 0.1) is 0 Å². The van der Waals surface area contributed by atoms with Gasteiger partial charge in [-0.1, -0.05) is 6.58 Å². The molecule has 1 aliphatic rings. The molecule has 1 rings (SSSR count). The lowest BCUT2D eigenvalue weighted by molar-refractivity contribution is 0.0121. The summed E-state index contributed by atoms with van der Waals surface area (Å²) < 4.78 is 10.1. The molecule has 1 saturated heterocycles. The van der Waals surface area contributed by atoms with E-state index in [1.54, 1.807) is 0 Å². The van der Waals surface area contributed by atoms with Crippen LogP contribution < -0.4 is 0 Å². The fourth-order valence-corrected chi connectivity index (χ4v) is 0.502. The van der Waals surface area contributed by atoms with Crippen molar-refractivity contribution in [3.8, 4) is 0 Å². The summed E-state index contributed by atoms with van der Waals surface area (Å²) in [6, 6.07) is 0. The fraction of sp³-hybridized carbons (Fsp3) is 0.667. The first-order valence-corrected chi connectivity index (χ1v) is 2.59. The monoisotopic (exact) mass is 114 g/mol. The Balaban J connectivity index is 2.68. The van der Waals surface area contributed by atoms with Gasteiger partial charge in [0.15, 0.2) is 6.79 Å². The standard InChI is InChI=1S/C6H10O2/c1-5-6(2,3)8-4-7-5/h1,4H2,2-3H3. The average molecular weight is 114 g/mol. The molecule has 0 N–H and O–H groups in total. The molecule has 8 heavy (non-hydrogen) atoms. The van der Waals surface area contributed by atoms with Crippen molar-refractivity contribution in [3.05, 3.63) is 12.3 Å². The van der Waals surface area contributed by atoms with Gasteiger partial charge in [0.1, 0.15) is 11.4 Å². The predicted molar refractivity (Wildman–Crippen MR) is 30.3 cm³/mol. The zero-order valence-electron chi connectivity index (χ0n) is 5.23. The highest BCUT2D eigenvalue weighted by molar-refractivity contribution is 5.03. The van der Waals surface area contributed by atoms with E-state index in [1.165, 1.54) is 0 Å². The van der Waals surface area contributed by atoms with Gasteiger partial charge in [0, 0.05) is 0 Å². The van der Waals surface area contributed by atoms with Gasteiger partial charge in [-0.25, -0.2) is 0 Å². The van der Waals surface area contributed by atoms with E-state index >= 15 is 0 Å². The summed E-state index contributed by atoms with van der Waals surface area (Å²) in [4.78, 5) is 0. The van der Waals surface area contributed by atoms with Crippen LogP contribution in [0.1, 0.15) is 13.8 Å². The molecule has 0 bridgehead atoms. The number of hydrogen-bond acceptors (Lipinski definition) is 2. The third-order valence-electron chi connectivity index (χ3n) is 1.32. The molecule has 0 aromatic rings. The van der Waals surface area contributed by atoms with E-state index in [0.717, 1.165) is 5.76 Å². The van der Waals surface area contributed by atoms with E-state index in [2.05, 4.69) is 6.58 Å². The largest absolute Gasteiger partial charge is 0.469 e. The molecular weight excluding hydrogens is 104 g/mol. The molecule has 0 aromatic carbocycles. The lowest BCUT2D eigenvalue weighted by atomic mass is 10.1. The van der Waals surface area contributed by atoms with Gasteiger partial charge in [-0.2, -0.15) is 0 Å².